The maximum Gasteiger partial charge on any atom is 0.306 e. The van der Waals surface area contributed by atoms with Crippen LogP contribution < -0.4 is 5.32 Å². The monoisotopic (exact) mass is 790 g/mol. The number of allylic oxidation sites excluding steroid dienone is 4. The quantitative estimate of drug-likeness (QED) is 0.0324. The van der Waals surface area contributed by atoms with E-state index in [1.54, 1.807) is 0 Å². The number of carbonyl (C=O) groups is 2. The molecule has 0 aliphatic carbocycles. The summed E-state index contributed by atoms with van der Waals surface area (Å²) in [6.45, 7) is 6.46. The summed E-state index contributed by atoms with van der Waals surface area (Å²) in [5.41, 5.74) is 0. The first-order valence-electron chi connectivity index (χ1n) is 24.6. The van der Waals surface area contributed by atoms with Crippen LogP contribution in [0.25, 0.3) is 0 Å². The summed E-state index contributed by atoms with van der Waals surface area (Å²) in [5.74, 6) is -0.496. The van der Waals surface area contributed by atoms with Gasteiger partial charge in [0, 0.05) is 6.42 Å². The Hall–Kier alpha value is -1.66. The van der Waals surface area contributed by atoms with Gasteiger partial charge < -0.3 is 20.3 Å². The molecule has 0 spiro atoms. The molecule has 0 radical (unpaired) electrons. The summed E-state index contributed by atoms with van der Waals surface area (Å²) in [7, 11) is 0. The van der Waals surface area contributed by atoms with Crippen LogP contribution in [0.5, 0.6) is 0 Å². The molecule has 0 rings (SSSR count). The lowest BCUT2D eigenvalue weighted by Crippen LogP contribution is -2.46. The molecule has 0 heterocycles. The molecule has 0 saturated carbocycles. The highest BCUT2D eigenvalue weighted by Gasteiger charge is 2.24. The van der Waals surface area contributed by atoms with Gasteiger partial charge in [-0.1, -0.05) is 218 Å². The van der Waals surface area contributed by atoms with Crippen molar-refractivity contribution in [1.29, 1.82) is 0 Å². The van der Waals surface area contributed by atoms with Crippen LogP contribution in [0.15, 0.2) is 24.3 Å². The number of aliphatic hydroxyl groups excluding tert-OH is 2. The maximum absolute atomic E-state index is 13.1. The van der Waals surface area contributed by atoms with Crippen molar-refractivity contribution in [3.63, 3.8) is 0 Å². The molecule has 3 atom stereocenters. The molecular weight excluding hydrogens is 695 g/mol. The molecule has 0 bridgehead atoms. The van der Waals surface area contributed by atoms with Gasteiger partial charge >= 0.3 is 5.97 Å². The largest absolute Gasteiger partial charge is 0.462 e. The Bertz CT molecular complexity index is 889. The number of hydrogen-bond donors (Lipinski definition) is 3. The number of amides is 1. The van der Waals surface area contributed by atoms with Crippen LogP contribution in [0.3, 0.4) is 0 Å². The number of hydrogen-bond acceptors (Lipinski definition) is 5. The molecule has 3 N–H and O–H groups in total. The number of esters is 1. The second kappa shape index (κ2) is 44.4. The highest BCUT2D eigenvalue weighted by Crippen LogP contribution is 2.18. The Balaban J connectivity index is 4.58. The fourth-order valence-corrected chi connectivity index (χ4v) is 7.54. The minimum absolute atomic E-state index is 0.0717. The lowest BCUT2D eigenvalue weighted by atomic mass is 10.0. The first kappa shape index (κ1) is 54.3. The van der Waals surface area contributed by atoms with Gasteiger partial charge in [-0.3, -0.25) is 9.59 Å². The van der Waals surface area contributed by atoms with E-state index in [1.165, 1.54) is 148 Å². The van der Waals surface area contributed by atoms with Crippen LogP contribution in [0.4, 0.5) is 0 Å². The molecule has 0 aliphatic heterocycles. The zero-order chi connectivity index (χ0) is 41.0. The minimum Gasteiger partial charge on any atom is -0.462 e. The fraction of sp³-hybridized carbons (Fsp3) is 0.880. The highest BCUT2D eigenvalue weighted by molar-refractivity contribution is 5.77. The van der Waals surface area contributed by atoms with E-state index in [4.69, 9.17) is 4.74 Å². The maximum atomic E-state index is 13.1. The van der Waals surface area contributed by atoms with Crippen molar-refractivity contribution >= 4 is 11.9 Å². The normalized spacial score (nSPS) is 13.4. The average Bonchev–Trinajstić information content (AvgIpc) is 3.19. The Morgan fingerprint density at radius 1 is 0.518 bits per heavy atom. The smallest absolute Gasteiger partial charge is 0.306 e. The van der Waals surface area contributed by atoms with Gasteiger partial charge in [0.15, 0.2) is 0 Å². The highest BCUT2D eigenvalue weighted by atomic mass is 16.5. The number of carbonyl (C=O) groups excluding carboxylic acids is 2. The molecule has 56 heavy (non-hydrogen) atoms. The van der Waals surface area contributed by atoms with Gasteiger partial charge in [0.05, 0.1) is 25.2 Å². The number of ether oxygens (including phenoxy) is 1. The van der Waals surface area contributed by atoms with E-state index in [2.05, 4.69) is 50.4 Å². The summed E-state index contributed by atoms with van der Waals surface area (Å²) in [6.07, 6.45) is 49.5. The van der Waals surface area contributed by atoms with Crippen molar-refractivity contribution in [1.82, 2.24) is 5.32 Å². The molecule has 0 fully saturated rings. The van der Waals surface area contributed by atoms with Gasteiger partial charge in [-0.15, -0.1) is 0 Å². The Morgan fingerprint density at radius 2 is 0.893 bits per heavy atom. The Labute approximate surface area is 348 Å². The molecule has 1 amide bonds. The lowest BCUT2D eigenvalue weighted by molar-refractivity contribution is -0.151. The van der Waals surface area contributed by atoms with Crippen molar-refractivity contribution in [2.75, 3.05) is 6.61 Å². The van der Waals surface area contributed by atoms with E-state index in [9.17, 15) is 19.8 Å². The van der Waals surface area contributed by atoms with Crippen molar-refractivity contribution in [2.45, 2.75) is 277 Å². The van der Waals surface area contributed by atoms with Gasteiger partial charge in [-0.25, -0.2) is 0 Å². The second-order valence-corrected chi connectivity index (χ2v) is 16.9. The van der Waals surface area contributed by atoms with Crippen LogP contribution in [-0.4, -0.2) is 46.9 Å². The molecule has 330 valence electrons. The van der Waals surface area contributed by atoms with Gasteiger partial charge in [0.25, 0.3) is 0 Å². The van der Waals surface area contributed by atoms with E-state index < -0.39 is 18.2 Å². The zero-order valence-corrected chi connectivity index (χ0v) is 37.5. The third-order valence-corrected chi connectivity index (χ3v) is 11.3. The second-order valence-electron chi connectivity index (χ2n) is 16.9. The van der Waals surface area contributed by atoms with E-state index in [-0.39, 0.29) is 24.9 Å². The van der Waals surface area contributed by atoms with E-state index in [0.29, 0.717) is 19.3 Å². The first-order chi connectivity index (χ1) is 27.5. The Morgan fingerprint density at radius 3 is 1.32 bits per heavy atom. The van der Waals surface area contributed by atoms with Crippen molar-refractivity contribution in [3.05, 3.63) is 24.3 Å². The zero-order valence-electron chi connectivity index (χ0n) is 37.5. The number of aliphatic hydroxyl groups is 2. The molecule has 0 saturated heterocycles. The summed E-state index contributed by atoms with van der Waals surface area (Å²) >= 11 is 0. The van der Waals surface area contributed by atoms with Gasteiger partial charge in [-0.2, -0.15) is 0 Å². The van der Waals surface area contributed by atoms with Crippen molar-refractivity contribution in [3.8, 4) is 0 Å². The third-order valence-electron chi connectivity index (χ3n) is 11.3. The summed E-state index contributed by atoms with van der Waals surface area (Å²) in [6, 6.07) is -0.700. The van der Waals surface area contributed by atoms with Crippen LogP contribution in [0.2, 0.25) is 0 Å². The lowest BCUT2D eigenvalue weighted by Gasteiger charge is -2.24. The molecular formula is C50H95NO5. The third kappa shape index (κ3) is 39.2. The summed E-state index contributed by atoms with van der Waals surface area (Å²) < 4.78 is 5.91. The van der Waals surface area contributed by atoms with Crippen LogP contribution in [0, 0.1) is 0 Å². The molecule has 0 aromatic rings. The summed E-state index contributed by atoms with van der Waals surface area (Å²) in [5, 5.41) is 23.6. The van der Waals surface area contributed by atoms with Crippen molar-refractivity contribution < 1.29 is 24.5 Å². The van der Waals surface area contributed by atoms with Crippen molar-refractivity contribution in [2.24, 2.45) is 0 Å². The van der Waals surface area contributed by atoms with Gasteiger partial charge in [-0.05, 0) is 51.4 Å². The van der Waals surface area contributed by atoms with Crippen LogP contribution >= 0.6 is 0 Å². The minimum atomic E-state index is -0.786. The molecule has 3 unspecified atom stereocenters. The molecule has 0 aromatic carbocycles. The summed E-state index contributed by atoms with van der Waals surface area (Å²) in [4.78, 5) is 26.0. The van der Waals surface area contributed by atoms with Gasteiger partial charge in [0.1, 0.15) is 6.10 Å². The Kier molecular flexibility index (Phi) is 43.1. The molecule has 6 heteroatoms. The standard InChI is InChI=1S/C50H95NO5/c1-4-7-10-13-16-19-21-23-24-25-26-28-31-34-37-40-43-50(55)56-46(41-38-35-32-30-27-22-20-17-14-11-8-5-2)44-49(54)51-47(45-52)48(53)42-39-36-33-29-18-15-12-9-6-3/h24-26,28,46-48,52-53H,4-23,27,29-45H2,1-3H3,(H,51,54)/b25-24+,28-26+. The van der Waals surface area contributed by atoms with Crippen LogP contribution in [-0.2, 0) is 14.3 Å². The van der Waals surface area contributed by atoms with E-state index >= 15 is 0 Å². The fourth-order valence-electron chi connectivity index (χ4n) is 7.54. The first-order valence-corrected chi connectivity index (χ1v) is 24.6. The predicted octanol–water partition coefficient (Wildman–Crippen LogP) is 14.3. The SMILES string of the molecule is CCCCCCCCC/C=C/C=C/CCCCCC(=O)OC(CCCCCCCCCCCCCC)CC(=O)NC(CO)C(O)CCCCCCCCCCC. The van der Waals surface area contributed by atoms with E-state index in [0.717, 1.165) is 64.2 Å². The van der Waals surface area contributed by atoms with Crippen LogP contribution in [0.1, 0.15) is 258 Å². The topological polar surface area (TPSA) is 95.9 Å². The number of nitrogens with one attached hydrogen (secondary N) is 1. The number of unbranched alkanes of at least 4 members (excludes halogenated alkanes) is 29. The molecule has 0 aromatic heterocycles. The predicted molar refractivity (Wildman–Crippen MR) is 241 cm³/mol. The average molecular weight is 790 g/mol. The molecule has 0 aliphatic rings. The van der Waals surface area contributed by atoms with Gasteiger partial charge in [0.2, 0.25) is 5.91 Å². The number of rotatable bonds is 44. The molecule has 6 nitrogen and oxygen atoms in total. The van der Waals surface area contributed by atoms with E-state index in [1.807, 2.05) is 0 Å².